The highest BCUT2D eigenvalue weighted by Gasteiger charge is 2.43. The normalized spacial score (nSPS) is 14.2. The summed E-state index contributed by atoms with van der Waals surface area (Å²) < 4.78 is 34.5. The van der Waals surface area contributed by atoms with Crippen molar-refractivity contribution in [2.24, 2.45) is 0 Å². The van der Waals surface area contributed by atoms with Crippen LogP contribution in [-0.4, -0.2) is 18.1 Å². The van der Waals surface area contributed by atoms with Crippen molar-refractivity contribution in [3.05, 3.63) is 40.1 Å². The van der Waals surface area contributed by atoms with E-state index in [2.05, 4.69) is 20.1 Å². The number of carbonyl (C=O) groups is 2. The fourth-order valence-electron chi connectivity index (χ4n) is 2.17. The molecule has 25 heavy (non-hydrogen) atoms. The first-order valence-electron chi connectivity index (χ1n) is 7.43. The number of benzene rings is 1. The molecule has 0 saturated heterocycles. The molecule has 2 aromatic rings. The lowest BCUT2D eigenvalue weighted by Crippen LogP contribution is -2.34. The number of anilines is 1. The van der Waals surface area contributed by atoms with E-state index in [1.165, 1.54) is 17.0 Å². The Labute approximate surface area is 145 Å². The van der Waals surface area contributed by atoms with Gasteiger partial charge in [0.1, 0.15) is 0 Å². The Morgan fingerprint density at radius 1 is 1.08 bits per heavy atom. The Hall–Kier alpha value is -2.68. The van der Waals surface area contributed by atoms with Crippen molar-refractivity contribution in [2.75, 3.05) is 5.32 Å². The summed E-state index contributed by atoms with van der Waals surface area (Å²) in [7, 11) is 0. The summed E-state index contributed by atoms with van der Waals surface area (Å²) in [5.41, 5.74) is 0.143. The third-order valence-electron chi connectivity index (χ3n) is 3.35. The van der Waals surface area contributed by atoms with Gasteiger partial charge in [-0.25, -0.2) is 0 Å². The molecule has 0 spiro atoms. The highest BCUT2D eigenvalue weighted by atomic mass is 32.1. The van der Waals surface area contributed by atoms with Gasteiger partial charge in [0.15, 0.2) is 11.5 Å². The second-order valence-corrected chi connectivity index (χ2v) is 6.44. The van der Waals surface area contributed by atoms with E-state index in [0.717, 1.165) is 17.4 Å². The number of alkyl halides is 2. The fourth-order valence-corrected chi connectivity index (χ4v) is 3.07. The molecule has 0 atom stereocenters. The summed E-state index contributed by atoms with van der Waals surface area (Å²) in [5.74, 6) is -2.09. The highest BCUT2D eigenvalue weighted by molar-refractivity contribution is 7.11. The van der Waals surface area contributed by atoms with Crippen LogP contribution in [0.2, 0.25) is 0 Å². The van der Waals surface area contributed by atoms with Crippen LogP contribution in [0.4, 0.5) is 14.5 Å². The Morgan fingerprint density at radius 2 is 1.80 bits per heavy atom. The third kappa shape index (κ3) is 4.05. The number of fused-ring (bicyclic) bond motifs is 1. The molecule has 132 valence electrons. The van der Waals surface area contributed by atoms with Crippen LogP contribution in [0.3, 0.4) is 0 Å². The zero-order chi connectivity index (χ0) is 18.0. The van der Waals surface area contributed by atoms with Crippen LogP contribution in [0.5, 0.6) is 11.5 Å². The van der Waals surface area contributed by atoms with E-state index < -0.39 is 18.1 Å². The standard InChI is InChI=1S/C16H14F2N2O4S/c1-2-10-4-5-11(25-10)8-19-14(21)15(22)20-9-3-6-12-13(7-9)24-16(17,18)23-12/h3-7H,2,8H2,1H3,(H,19,21)(H,20,22). The van der Waals surface area contributed by atoms with Gasteiger partial charge in [-0.2, -0.15) is 0 Å². The van der Waals surface area contributed by atoms with Crippen molar-refractivity contribution >= 4 is 28.8 Å². The van der Waals surface area contributed by atoms with Gasteiger partial charge in [-0.3, -0.25) is 9.59 Å². The van der Waals surface area contributed by atoms with E-state index in [1.54, 1.807) is 11.3 Å². The maximum atomic E-state index is 13.0. The molecule has 6 nitrogen and oxygen atoms in total. The topological polar surface area (TPSA) is 76.7 Å². The van der Waals surface area contributed by atoms with Gasteiger partial charge in [-0.1, -0.05) is 6.92 Å². The van der Waals surface area contributed by atoms with Gasteiger partial charge in [0.05, 0.1) is 6.54 Å². The van der Waals surface area contributed by atoms with Gasteiger partial charge >= 0.3 is 18.1 Å². The summed E-state index contributed by atoms with van der Waals surface area (Å²) in [6.07, 6.45) is -2.83. The molecule has 0 saturated carbocycles. The van der Waals surface area contributed by atoms with Crippen LogP contribution in [0.25, 0.3) is 0 Å². The van der Waals surface area contributed by atoms with Gasteiger partial charge in [0.25, 0.3) is 0 Å². The molecule has 1 aromatic heterocycles. The maximum absolute atomic E-state index is 13.0. The lowest BCUT2D eigenvalue weighted by Gasteiger charge is -2.06. The summed E-state index contributed by atoms with van der Waals surface area (Å²) in [6.45, 7) is 2.27. The van der Waals surface area contributed by atoms with E-state index in [9.17, 15) is 18.4 Å². The van der Waals surface area contributed by atoms with Crippen LogP contribution in [0, 0.1) is 0 Å². The molecular formula is C16H14F2N2O4S. The molecule has 2 amide bonds. The highest BCUT2D eigenvalue weighted by Crippen LogP contribution is 2.42. The lowest BCUT2D eigenvalue weighted by atomic mass is 10.2. The second-order valence-electron chi connectivity index (χ2n) is 5.19. The van der Waals surface area contributed by atoms with Crippen molar-refractivity contribution in [2.45, 2.75) is 26.2 Å². The minimum Gasteiger partial charge on any atom is -0.395 e. The second kappa shape index (κ2) is 6.67. The number of rotatable bonds is 4. The van der Waals surface area contributed by atoms with Gasteiger partial charge < -0.3 is 20.1 Å². The van der Waals surface area contributed by atoms with Crippen LogP contribution in [0.15, 0.2) is 30.3 Å². The SMILES string of the molecule is CCc1ccc(CNC(=O)C(=O)Nc2ccc3c(c2)OC(F)(F)O3)s1. The fraction of sp³-hybridized carbons (Fsp3) is 0.250. The molecule has 1 aliphatic heterocycles. The molecule has 2 N–H and O–H groups in total. The summed E-state index contributed by atoms with van der Waals surface area (Å²) in [4.78, 5) is 25.8. The van der Waals surface area contributed by atoms with Crippen LogP contribution < -0.4 is 20.1 Å². The first-order chi connectivity index (χ1) is 11.9. The number of aryl methyl sites for hydroxylation is 1. The van der Waals surface area contributed by atoms with Crippen LogP contribution in [-0.2, 0) is 22.6 Å². The van der Waals surface area contributed by atoms with Gasteiger partial charge in [-0.15, -0.1) is 20.1 Å². The number of halogens is 2. The quantitative estimate of drug-likeness (QED) is 0.814. The molecular weight excluding hydrogens is 354 g/mol. The van der Waals surface area contributed by atoms with Crippen LogP contribution >= 0.6 is 11.3 Å². The first kappa shape index (κ1) is 17.2. The number of carbonyl (C=O) groups excluding carboxylic acids is 2. The number of amides is 2. The van der Waals surface area contributed by atoms with E-state index >= 15 is 0 Å². The minimum absolute atomic E-state index is 0.142. The molecule has 0 unspecified atom stereocenters. The Balaban J connectivity index is 1.56. The molecule has 1 aromatic carbocycles. The zero-order valence-electron chi connectivity index (χ0n) is 13.1. The van der Waals surface area contributed by atoms with Gasteiger partial charge in [0, 0.05) is 21.5 Å². The smallest absolute Gasteiger partial charge is 0.395 e. The average Bonchev–Trinajstić information content (AvgIpc) is 3.14. The number of hydrogen-bond donors (Lipinski definition) is 2. The molecule has 9 heteroatoms. The molecule has 0 bridgehead atoms. The van der Waals surface area contributed by atoms with Crippen molar-refractivity contribution in [3.8, 4) is 11.5 Å². The molecule has 3 rings (SSSR count). The summed E-state index contributed by atoms with van der Waals surface area (Å²) in [6, 6.07) is 7.58. The van der Waals surface area contributed by atoms with Crippen molar-refractivity contribution in [3.63, 3.8) is 0 Å². The molecule has 0 aliphatic carbocycles. The molecule has 2 heterocycles. The average molecular weight is 368 g/mol. The van der Waals surface area contributed by atoms with E-state index in [-0.39, 0.29) is 23.7 Å². The number of nitrogens with one attached hydrogen (secondary N) is 2. The van der Waals surface area contributed by atoms with Gasteiger partial charge in [0.2, 0.25) is 0 Å². The monoisotopic (exact) mass is 368 g/mol. The van der Waals surface area contributed by atoms with E-state index in [0.29, 0.717) is 0 Å². The van der Waals surface area contributed by atoms with Crippen molar-refractivity contribution in [1.29, 1.82) is 0 Å². The summed E-state index contributed by atoms with van der Waals surface area (Å²) >= 11 is 1.56. The van der Waals surface area contributed by atoms with Gasteiger partial charge in [-0.05, 0) is 30.7 Å². The Kier molecular flexibility index (Phi) is 4.58. The Bertz CT molecular complexity index is 822. The van der Waals surface area contributed by atoms with Crippen molar-refractivity contribution < 1.29 is 27.8 Å². The lowest BCUT2D eigenvalue weighted by molar-refractivity contribution is -0.286. The molecule has 1 aliphatic rings. The number of thiophene rings is 1. The number of ether oxygens (including phenoxy) is 2. The predicted octanol–water partition coefficient (Wildman–Crippen LogP) is 2.89. The number of hydrogen-bond acceptors (Lipinski definition) is 5. The van der Waals surface area contributed by atoms with Crippen LogP contribution in [0.1, 0.15) is 16.7 Å². The maximum Gasteiger partial charge on any atom is 0.586 e. The minimum atomic E-state index is -3.74. The first-order valence-corrected chi connectivity index (χ1v) is 8.24. The summed E-state index contributed by atoms with van der Waals surface area (Å²) in [5, 5.41) is 4.83. The predicted molar refractivity (Wildman–Crippen MR) is 86.8 cm³/mol. The third-order valence-corrected chi connectivity index (χ3v) is 4.58. The van der Waals surface area contributed by atoms with E-state index in [4.69, 9.17) is 0 Å². The largest absolute Gasteiger partial charge is 0.586 e. The zero-order valence-corrected chi connectivity index (χ0v) is 13.9. The molecule has 0 fully saturated rings. The molecule has 0 radical (unpaired) electrons. The Morgan fingerprint density at radius 3 is 2.52 bits per heavy atom. The van der Waals surface area contributed by atoms with Crippen molar-refractivity contribution in [1.82, 2.24) is 5.32 Å². The van der Waals surface area contributed by atoms with E-state index in [1.807, 2.05) is 19.1 Å².